The van der Waals surface area contributed by atoms with Crippen molar-refractivity contribution in [1.29, 1.82) is 0 Å². The van der Waals surface area contributed by atoms with E-state index in [4.69, 9.17) is 20.4 Å². The molecule has 0 fully saturated rings. The Kier molecular flexibility index (Phi) is 20.9. The van der Waals surface area contributed by atoms with E-state index in [0.717, 1.165) is 12.8 Å². The first-order chi connectivity index (χ1) is 8.20. The number of rotatable bonds is 5. The highest BCUT2D eigenvalue weighted by atomic mass is 32.1. The lowest BCUT2D eigenvalue weighted by atomic mass is 10.3. The van der Waals surface area contributed by atoms with Gasteiger partial charge in [0.05, 0.1) is 10.5 Å². The third kappa shape index (κ3) is 29.6. The average Bonchev–Trinajstić information content (AvgIpc) is 2.27. The molecule has 0 aliphatic heterocycles. The predicted octanol–water partition coefficient (Wildman–Crippen LogP) is 0.530. The van der Waals surface area contributed by atoms with E-state index in [1.165, 1.54) is 13.8 Å². The number of thiol groups is 2. The molecule has 2 unspecified atom stereocenters. The van der Waals surface area contributed by atoms with Crippen molar-refractivity contribution in [2.24, 2.45) is 0 Å². The molecule has 4 N–H and O–H groups in total. The molecule has 0 heterocycles. The summed E-state index contributed by atoms with van der Waals surface area (Å²) < 4.78 is 0. The van der Waals surface area contributed by atoms with Crippen LogP contribution in [0.3, 0.4) is 0 Å². The van der Waals surface area contributed by atoms with Gasteiger partial charge in [0, 0.05) is 13.2 Å². The number of aliphatic carboxylic acids is 2. The second kappa shape index (κ2) is 16.6. The molecular weight excluding hydrogens is 280 g/mol. The van der Waals surface area contributed by atoms with E-state index >= 15 is 0 Å². The minimum Gasteiger partial charge on any atom is -0.480 e. The Morgan fingerprint density at radius 1 is 0.889 bits per heavy atom. The zero-order chi connectivity index (χ0) is 15.1. The lowest BCUT2D eigenvalue weighted by Gasteiger charge is -1.88. The van der Waals surface area contributed by atoms with Crippen LogP contribution in [-0.4, -0.2) is 56.1 Å². The average molecular weight is 302 g/mol. The highest BCUT2D eigenvalue weighted by molar-refractivity contribution is 7.81. The highest BCUT2D eigenvalue weighted by Crippen LogP contribution is 1.88. The highest BCUT2D eigenvalue weighted by Gasteiger charge is 2.00. The van der Waals surface area contributed by atoms with Crippen molar-refractivity contribution in [3.8, 4) is 0 Å². The van der Waals surface area contributed by atoms with Crippen LogP contribution in [0.25, 0.3) is 0 Å². The van der Waals surface area contributed by atoms with Crippen molar-refractivity contribution < 1.29 is 30.0 Å². The van der Waals surface area contributed by atoms with Crippen LogP contribution in [0.5, 0.6) is 0 Å². The van der Waals surface area contributed by atoms with Crippen molar-refractivity contribution in [1.82, 2.24) is 0 Å². The number of carboxylic acids is 2. The molecule has 0 rings (SSSR count). The van der Waals surface area contributed by atoms with E-state index in [0.29, 0.717) is 0 Å². The number of aliphatic hydroxyl groups is 2. The van der Waals surface area contributed by atoms with Gasteiger partial charge in [-0.15, -0.1) is 0 Å². The van der Waals surface area contributed by atoms with Gasteiger partial charge in [-0.25, -0.2) is 0 Å². The van der Waals surface area contributed by atoms with Crippen molar-refractivity contribution in [3.63, 3.8) is 0 Å². The van der Waals surface area contributed by atoms with E-state index < -0.39 is 22.4 Å². The zero-order valence-corrected chi connectivity index (χ0v) is 12.3. The number of hydrogen-bond donors (Lipinski definition) is 6. The maximum absolute atomic E-state index is 9.62. The summed E-state index contributed by atoms with van der Waals surface area (Å²) in [7, 11) is 0. The van der Waals surface area contributed by atoms with Gasteiger partial charge in [-0.1, -0.05) is 0 Å². The summed E-state index contributed by atoms with van der Waals surface area (Å²) in [4.78, 5) is 19.2. The SMILES string of the molecule is CC(S)C(=O)O.CC(S)C(=O)O.OCCCCO. The topological polar surface area (TPSA) is 115 Å². The lowest BCUT2D eigenvalue weighted by molar-refractivity contribution is -0.137. The predicted molar refractivity (Wildman–Crippen MR) is 75.6 cm³/mol. The summed E-state index contributed by atoms with van der Waals surface area (Å²) in [5, 5.41) is 30.9. The fourth-order valence-electron chi connectivity index (χ4n) is 0.224. The smallest absolute Gasteiger partial charge is 0.316 e. The third-order valence-electron chi connectivity index (χ3n) is 1.28. The Labute approximate surface area is 118 Å². The number of aliphatic hydroxyl groups excluding tert-OH is 2. The molecule has 0 saturated carbocycles. The molecular formula is C10H22O6S2. The molecule has 2 atom stereocenters. The van der Waals surface area contributed by atoms with Crippen LogP contribution in [0.4, 0.5) is 0 Å². The van der Waals surface area contributed by atoms with E-state index in [9.17, 15) is 9.59 Å². The first-order valence-electron chi connectivity index (χ1n) is 5.24. The number of hydrogen-bond acceptors (Lipinski definition) is 6. The molecule has 0 amide bonds. The van der Waals surface area contributed by atoms with E-state index in [1.807, 2.05) is 0 Å². The third-order valence-corrected chi connectivity index (χ3v) is 1.72. The standard InChI is InChI=1S/C4H10O2.2C3H6O2S/c5-3-1-2-4-6;2*1-2(6)3(4)5/h5-6H,1-4H2;2*2,6H,1H3,(H,4,5). The summed E-state index contributed by atoms with van der Waals surface area (Å²) in [6.45, 7) is 3.40. The van der Waals surface area contributed by atoms with Crippen LogP contribution in [0.2, 0.25) is 0 Å². The fraction of sp³-hybridized carbons (Fsp3) is 0.800. The summed E-state index contributed by atoms with van der Waals surface area (Å²) in [6, 6.07) is 0. The van der Waals surface area contributed by atoms with Gasteiger partial charge >= 0.3 is 11.9 Å². The lowest BCUT2D eigenvalue weighted by Crippen LogP contribution is -2.06. The van der Waals surface area contributed by atoms with Crippen LogP contribution >= 0.6 is 25.3 Å². The largest absolute Gasteiger partial charge is 0.480 e. The van der Waals surface area contributed by atoms with Crippen molar-refractivity contribution in [2.75, 3.05) is 13.2 Å². The van der Waals surface area contributed by atoms with Gasteiger partial charge in [-0.05, 0) is 26.7 Å². The van der Waals surface area contributed by atoms with Crippen LogP contribution < -0.4 is 0 Å². The van der Waals surface area contributed by atoms with Crippen LogP contribution in [0.1, 0.15) is 26.7 Å². The zero-order valence-electron chi connectivity index (χ0n) is 10.5. The molecule has 0 saturated heterocycles. The first kappa shape index (κ1) is 22.7. The molecule has 0 radical (unpaired) electrons. The molecule has 0 aliphatic rings. The van der Waals surface area contributed by atoms with Crippen LogP contribution in [-0.2, 0) is 9.59 Å². The molecule has 0 bridgehead atoms. The van der Waals surface area contributed by atoms with Gasteiger partial charge in [0.15, 0.2) is 0 Å². The molecule has 8 heteroatoms. The monoisotopic (exact) mass is 302 g/mol. The second-order valence-electron chi connectivity index (χ2n) is 3.18. The van der Waals surface area contributed by atoms with Crippen molar-refractivity contribution in [3.05, 3.63) is 0 Å². The van der Waals surface area contributed by atoms with Gasteiger partial charge in [-0.3, -0.25) is 9.59 Å². The van der Waals surface area contributed by atoms with Crippen LogP contribution in [0.15, 0.2) is 0 Å². The molecule has 0 aliphatic carbocycles. The second-order valence-corrected chi connectivity index (χ2v) is 4.73. The number of carbonyl (C=O) groups is 2. The van der Waals surface area contributed by atoms with Gasteiger partial charge in [0.2, 0.25) is 0 Å². The minimum atomic E-state index is -0.877. The van der Waals surface area contributed by atoms with Crippen molar-refractivity contribution >= 4 is 37.2 Å². The van der Waals surface area contributed by atoms with E-state index in [-0.39, 0.29) is 13.2 Å². The summed E-state index contributed by atoms with van der Waals surface area (Å²) >= 11 is 7.19. The Morgan fingerprint density at radius 2 is 1.06 bits per heavy atom. The van der Waals surface area contributed by atoms with Crippen LogP contribution in [0, 0.1) is 0 Å². The number of carboxylic acid groups (broad SMARTS) is 2. The molecule has 18 heavy (non-hydrogen) atoms. The Hall–Kier alpha value is -0.440. The van der Waals surface area contributed by atoms with E-state index in [2.05, 4.69) is 25.3 Å². The van der Waals surface area contributed by atoms with Gasteiger partial charge in [-0.2, -0.15) is 25.3 Å². The molecule has 6 nitrogen and oxygen atoms in total. The van der Waals surface area contributed by atoms with Crippen molar-refractivity contribution in [2.45, 2.75) is 37.2 Å². The normalized spacial score (nSPS) is 12.1. The minimum absolute atomic E-state index is 0.195. The van der Waals surface area contributed by atoms with Gasteiger partial charge < -0.3 is 20.4 Å². The van der Waals surface area contributed by atoms with Gasteiger partial charge in [0.25, 0.3) is 0 Å². The maximum atomic E-state index is 9.62. The summed E-state index contributed by atoms with van der Waals surface area (Å²) in [5.74, 6) is -1.75. The molecule has 0 aromatic rings. The molecule has 110 valence electrons. The quantitative estimate of drug-likeness (QED) is 0.326. The van der Waals surface area contributed by atoms with Gasteiger partial charge in [0.1, 0.15) is 0 Å². The molecule has 0 aromatic heterocycles. The number of unbranched alkanes of at least 4 members (excludes halogenated alkanes) is 1. The summed E-state index contributed by atoms with van der Waals surface area (Å²) in [6.07, 6.45) is 1.44. The first-order valence-corrected chi connectivity index (χ1v) is 6.27. The Bertz CT molecular complexity index is 187. The Morgan fingerprint density at radius 3 is 1.11 bits per heavy atom. The van der Waals surface area contributed by atoms with E-state index in [1.54, 1.807) is 0 Å². The molecule has 0 aromatic carbocycles. The molecule has 0 spiro atoms. The maximum Gasteiger partial charge on any atom is 0.316 e. The fourth-order valence-corrected chi connectivity index (χ4v) is 0.224. The summed E-state index contributed by atoms with van der Waals surface area (Å²) in [5.41, 5.74) is 0. The Balaban J connectivity index is -0.000000187.